The number of aryl methyl sites for hydroxylation is 3. The van der Waals surface area contributed by atoms with Crippen LogP contribution in [0.5, 0.6) is 0 Å². The van der Waals surface area contributed by atoms with Crippen LogP contribution in [0.2, 0.25) is 0 Å². The third-order valence-corrected chi connectivity index (χ3v) is 5.59. The molecule has 3 nitrogen and oxygen atoms in total. The molecule has 3 heteroatoms. The van der Waals surface area contributed by atoms with Gasteiger partial charge in [-0.05, 0) is 57.2 Å². The van der Waals surface area contributed by atoms with Crippen molar-refractivity contribution in [3.05, 3.63) is 34.4 Å². The number of Topliss-reactive ketones (excluding diaryl/α,β-unsaturated/α-hetero) is 1. The first-order valence-electron chi connectivity index (χ1n) is 9.06. The van der Waals surface area contributed by atoms with E-state index in [4.69, 9.17) is 4.74 Å². The van der Waals surface area contributed by atoms with Crippen LogP contribution in [-0.4, -0.2) is 18.4 Å². The maximum absolute atomic E-state index is 13.2. The van der Waals surface area contributed by atoms with E-state index >= 15 is 0 Å². The van der Waals surface area contributed by atoms with Crippen LogP contribution < -0.4 is 0 Å². The number of hydrogen-bond donors (Lipinski definition) is 0. The van der Waals surface area contributed by atoms with Gasteiger partial charge < -0.3 is 4.74 Å². The molecule has 0 aromatic heterocycles. The van der Waals surface area contributed by atoms with Gasteiger partial charge in [0.05, 0.1) is 12.5 Å². The lowest BCUT2D eigenvalue weighted by Crippen LogP contribution is -2.44. The second-order valence-electron chi connectivity index (χ2n) is 7.45. The van der Waals surface area contributed by atoms with Crippen molar-refractivity contribution in [2.75, 3.05) is 6.61 Å². The summed E-state index contributed by atoms with van der Waals surface area (Å²) in [4.78, 5) is 25.6. The molecule has 0 N–H and O–H groups in total. The summed E-state index contributed by atoms with van der Waals surface area (Å²) in [5.74, 6) is -0.328. The molecule has 0 spiro atoms. The van der Waals surface area contributed by atoms with E-state index in [2.05, 4.69) is 32.9 Å². The van der Waals surface area contributed by atoms with E-state index in [1.54, 1.807) is 0 Å². The van der Waals surface area contributed by atoms with Crippen LogP contribution in [-0.2, 0) is 20.7 Å². The maximum atomic E-state index is 13.2. The standard InChI is InChI=1S/C21H30O3/c1-6-24-20(23)18-9-7-8-10-21(18,5)19(22)13-17-15(3)11-14(2)12-16(17)4/h11-12,18H,6-10,13H2,1-5H3. The Kier molecular flexibility index (Phi) is 5.84. The number of ketones is 1. The van der Waals surface area contributed by atoms with Gasteiger partial charge >= 0.3 is 5.97 Å². The van der Waals surface area contributed by atoms with Gasteiger partial charge in [0.25, 0.3) is 0 Å². The predicted octanol–water partition coefficient (Wildman–Crippen LogP) is 4.48. The molecular formula is C21H30O3. The number of esters is 1. The van der Waals surface area contributed by atoms with Crippen molar-refractivity contribution in [2.24, 2.45) is 11.3 Å². The Labute approximate surface area is 145 Å². The second kappa shape index (κ2) is 7.50. The van der Waals surface area contributed by atoms with Gasteiger partial charge in [0.15, 0.2) is 0 Å². The minimum absolute atomic E-state index is 0.176. The van der Waals surface area contributed by atoms with Crippen molar-refractivity contribution in [1.82, 2.24) is 0 Å². The van der Waals surface area contributed by atoms with Gasteiger partial charge in [-0.2, -0.15) is 0 Å². The summed E-state index contributed by atoms with van der Waals surface area (Å²) in [5.41, 5.74) is 4.05. The molecule has 2 atom stereocenters. The number of carbonyl (C=O) groups excluding carboxylic acids is 2. The molecular weight excluding hydrogens is 300 g/mol. The van der Waals surface area contributed by atoms with E-state index in [1.165, 1.54) is 5.56 Å². The summed E-state index contributed by atoms with van der Waals surface area (Å²) < 4.78 is 5.25. The van der Waals surface area contributed by atoms with Crippen molar-refractivity contribution in [1.29, 1.82) is 0 Å². The Balaban J connectivity index is 2.27. The molecule has 1 aliphatic rings. The van der Waals surface area contributed by atoms with Crippen LogP contribution >= 0.6 is 0 Å². The zero-order chi connectivity index (χ0) is 17.9. The van der Waals surface area contributed by atoms with Crippen molar-refractivity contribution in [3.63, 3.8) is 0 Å². The quantitative estimate of drug-likeness (QED) is 0.747. The smallest absolute Gasteiger partial charge is 0.309 e. The number of hydrogen-bond acceptors (Lipinski definition) is 3. The highest BCUT2D eigenvalue weighted by molar-refractivity contribution is 5.92. The lowest BCUT2D eigenvalue weighted by molar-refractivity contribution is -0.159. The fraction of sp³-hybridized carbons (Fsp3) is 0.619. The highest BCUT2D eigenvalue weighted by Crippen LogP contribution is 2.43. The minimum Gasteiger partial charge on any atom is -0.466 e. The maximum Gasteiger partial charge on any atom is 0.309 e. The summed E-state index contributed by atoms with van der Waals surface area (Å²) in [6.07, 6.45) is 3.94. The van der Waals surface area contributed by atoms with Gasteiger partial charge in [0, 0.05) is 11.8 Å². The topological polar surface area (TPSA) is 43.4 Å². The molecule has 1 aliphatic carbocycles. The first-order valence-corrected chi connectivity index (χ1v) is 9.06. The molecule has 2 unspecified atom stereocenters. The molecule has 0 heterocycles. The average Bonchev–Trinajstić information content (AvgIpc) is 2.51. The number of ether oxygens (including phenoxy) is 1. The Bertz CT molecular complexity index is 609. The number of rotatable bonds is 5. The zero-order valence-electron chi connectivity index (χ0n) is 15.7. The van der Waals surface area contributed by atoms with E-state index in [0.717, 1.165) is 42.4 Å². The van der Waals surface area contributed by atoms with E-state index in [-0.39, 0.29) is 17.7 Å². The van der Waals surface area contributed by atoms with Gasteiger partial charge in [-0.25, -0.2) is 0 Å². The lowest BCUT2D eigenvalue weighted by Gasteiger charge is -2.39. The Morgan fingerprint density at radius 1 is 1.17 bits per heavy atom. The third kappa shape index (κ3) is 3.71. The van der Waals surface area contributed by atoms with Crippen molar-refractivity contribution < 1.29 is 14.3 Å². The SMILES string of the molecule is CCOC(=O)C1CCCCC1(C)C(=O)Cc1c(C)cc(C)cc1C. The van der Waals surface area contributed by atoms with E-state index < -0.39 is 5.41 Å². The number of benzene rings is 1. The molecule has 1 aromatic carbocycles. The Morgan fingerprint density at radius 3 is 2.38 bits per heavy atom. The summed E-state index contributed by atoms with van der Waals surface area (Å²) in [5, 5.41) is 0. The van der Waals surface area contributed by atoms with Gasteiger partial charge in [-0.15, -0.1) is 0 Å². The van der Waals surface area contributed by atoms with Gasteiger partial charge in [-0.1, -0.05) is 37.5 Å². The van der Waals surface area contributed by atoms with Crippen LogP contribution in [0.25, 0.3) is 0 Å². The molecule has 1 aromatic rings. The molecule has 0 saturated heterocycles. The van der Waals surface area contributed by atoms with Crippen molar-refractivity contribution in [2.45, 2.75) is 66.7 Å². The monoisotopic (exact) mass is 330 g/mol. The molecule has 132 valence electrons. The van der Waals surface area contributed by atoms with Gasteiger partial charge in [-0.3, -0.25) is 9.59 Å². The Morgan fingerprint density at radius 2 is 1.79 bits per heavy atom. The van der Waals surface area contributed by atoms with Crippen LogP contribution in [0.3, 0.4) is 0 Å². The Hall–Kier alpha value is -1.64. The fourth-order valence-corrected chi connectivity index (χ4v) is 4.14. The highest BCUT2D eigenvalue weighted by atomic mass is 16.5. The fourth-order valence-electron chi connectivity index (χ4n) is 4.14. The summed E-state index contributed by atoms with van der Waals surface area (Å²) >= 11 is 0. The third-order valence-electron chi connectivity index (χ3n) is 5.59. The largest absolute Gasteiger partial charge is 0.466 e. The van der Waals surface area contributed by atoms with Crippen molar-refractivity contribution >= 4 is 11.8 Å². The van der Waals surface area contributed by atoms with Crippen LogP contribution in [0.4, 0.5) is 0 Å². The molecule has 1 saturated carbocycles. The first-order chi connectivity index (χ1) is 11.3. The average molecular weight is 330 g/mol. The summed E-state index contributed by atoms with van der Waals surface area (Å²) in [6, 6.07) is 4.25. The highest BCUT2D eigenvalue weighted by Gasteiger charge is 2.46. The van der Waals surface area contributed by atoms with E-state index in [1.807, 2.05) is 13.8 Å². The molecule has 0 aliphatic heterocycles. The zero-order valence-corrected chi connectivity index (χ0v) is 15.7. The van der Waals surface area contributed by atoms with Crippen LogP contribution in [0, 0.1) is 32.1 Å². The van der Waals surface area contributed by atoms with Crippen LogP contribution in [0.15, 0.2) is 12.1 Å². The van der Waals surface area contributed by atoms with Crippen molar-refractivity contribution in [3.8, 4) is 0 Å². The summed E-state index contributed by atoms with van der Waals surface area (Å²) in [7, 11) is 0. The predicted molar refractivity (Wildman–Crippen MR) is 96.1 cm³/mol. The molecule has 24 heavy (non-hydrogen) atoms. The summed E-state index contributed by atoms with van der Waals surface area (Å²) in [6.45, 7) is 10.4. The van der Waals surface area contributed by atoms with E-state index in [0.29, 0.717) is 13.0 Å². The van der Waals surface area contributed by atoms with E-state index in [9.17, 15) is 9.59 Å². The first kappa shape index (κ1) is 18.7. The van der Waals surface area contributed by atoms with Crippen LogP contribution in [0.1, 0.15) is 61.8 Å². The van der Waals surface area contributed by atoms with Gasteiger partial charge in [0.2, 0.25) is 0 Å². The number of carbonyl (C=O) groups is 2. The molecule has 0 amide bonds. The normalized spacial score (nSPS) is 23.8. The molecule has 1 fully saturated rings. The van der Waals surface area contributed by atoms with Gasteiger partial charge in [0.1, 0.15) is 5.78 Å². The molecule has 2 rings (SSSR count). The minimum atomic E-state index is -0.603. The molecule has 0 bridgehead atoms. The lowest BCUT2D eigenvalue weighted by atomic mass is 9.64. The molecule has 0 radical (unpaired) electrons. The second-order valence-corrected chi connectivity index (χ2v) is 7.45.